The number of hydrogen-bond donors (Lipinski definition) is 2. The summed E-state index contributed by atoms with van der Waals surface area (Å²) in [5.74, 6) is -5.59. The van der Waals surface area contributed by atoms with Gasteiger partial charge >= 0.3 is 0 Å². The number of aryl methyl sites for hydroxylation is 1. The standard InChI is InChI=1S/C17H15F3N2O2/c18-12-7-8-13(17(20)16(12)19)22-15(24)10-21-14(23)9-6-11-4-2-1-3-5-11/h1-5,7-8H,6,9-10H2,(H,21,23)(H,22,24). The van der Waals surface area contributed by atoms with Crippen LogP contribution in [-0.4, -0.2) is 18.4 Å². The summed E-state index contributed by atoms with van der Waals surface area (Å²) >= 11 is 0. The molecule has 4 nitrogen and oxygen atoms in total. The molecule has 2 aromatic carbocycles. The molecule has 126 valence electrons. The van der Waals surface area contributed by atoms with Gasteiger partial charge in [0.2, 0.25) is 11.8 Å². The van der Waals surface area contributed by atoms with E-state index in [4.69, 9.17) is 0 Å². The van der Waals surface area contributed by atoms with E-state index in [2.05, 4.69) is 10.6 Å². The van der Waals surface area contributed by atoms with Gasteiger partial charge in [-0.3, -0.25) is 9.59 Å². The van der Waals surface area contributed by atoms with Gasteiger partial charge in [0.1, 0.15) is 0 Å². The molecule has 0 spiro atoms. The Morgan fingerprint density at radius 1 is 0.875 bits per heavy atom. The van der Waals surface area contributed by atoms with Gasteiger partial charge in [-0.2, -0.15) is 0 Å². The van der Waals surface area contributed by atoms with Crippen LogP contribution in [0, 0.1) is 17.5 Å². The summed E-state index contributed by atoms with van der Waals surface area (Å²) in [7, 11) is 0. The summed E-state index contributed by atoms with van der Waals surface area (Å²) in [5.41, 5.74) is 0.499. The Kier molecular flexibility index (Phi) is 5.95. The molecule has 2 N–H and O–H groups in total. The number of carbonyl (C=O) groups excluding carboxylic acids is 2. The third-order valence-electron chi connectivity index (χ3n) is 3.24. The van der Waals surface area contributed by atoms with Gasteiger partial charge in [-0.05, 0) is 24.1 Å². The maximum atomic E-state index is 13.4. The summed E-state index contributed by atoms with van der Waals surface area (Å²) in [5, 5.41) is 4.45. The summed E-state index contributed by atoms with van der Waals surface area (Å²) in [6.07, 6.45) is 0.711. The third-order valence-corrected chi connectivity index (χ3v) is 3.24. The molecule has 2 aromatic rings. The van der Waals surface area contributed by atoms with Crippen molar-refractivity contribution in [2.75, 3.05) is 11.9 Å². The van der Waals surface area contributed by atoms with E-state index in [1.165, 1.54) is 0 Å². The van der Waals surface area contributed by atoms with Gasteiger partial charge in [-0.15, -0.1) is 0 Å². The number of rotatable bonds is 6. The fourth-order valence-corrected chi connectivity index (χ4v) is 1.99. The molecule has 0 saturated heterocycles. The highest BCUT2D eigenvalue weighted by Crippen LogP contribution is 2.19. The zero-order valence-electron chi connectivity index (χ0n) is 12.6. The second-order valence-electron chi connectivity index (χ2n) is 5.03. The van der Waals surface area contributed by atoms with Crippen molar-refractivity contribution in [3.05, 3.63) is 65.5 Å². The van der Waals surface area contributed by atoms with Crippen molar-refractivity contribution in [1.29, 1.82) is 0 Å². The van der Waals surface area contributed by atoms with Crippen molar-refractivity contribution in [3.8, 4) is 0 Å². The Balaban J connectivity index is 1.79. The number of benzene rings is 2. The van der Waals surface area contributed by atoms with Crippen LogP contribution in [0.5, 0.6) is 0 Å². The second-order valence-corrected chi connectivity index (χ2v) is 5.03. The van der Waals surface area contributed by atoms with Gasteiger partial charge in [-0.25, -0.2) is 13.2 Å². The van der Waals surface area contributed by atoms with Crippen LogP contribution < -0.4 is 10.6 Å². The van der Waals surface area contributed by atoms with Crippen molar-refractivity contribution < 1.29 is 22.8 Å². The van der Waals surface area contributed by atoms with E-state index in [0.717, 1.165) is 11.6 Å². The van der Waals surface area contributed by atoms with Crippen LogP contribution in [0.3, 0.4) is 0 Å². The van der Waals surface area contributed by atoms with Gasteiger partial charge < -0.3 is 10.6 Å². The molecule has 0 aromatic heterocycles. The number of hydrogen-bond acceptors (Lipinski definition) is 2. The number of carbonyl (C=O) groups is 2. The molecule has 0 aliphatic rings. The van der Waals surface area contributed by atoms with Gasteiger partial charge in [0.05, 0.1) is 12.2 Å². The predicted octanol–water partition coefficient (Wildman–Crippen LogP) is 2.79. The third kappa shape index (κ3) is 4.84. The number of halogens is 3. The predicted molar refractivity (Wildman–Crippen MR) is 82.7 cm³/mol. The molecule has 0 radical (unpaired) electrons. The Morgan fingerprint density at radius 3 is 2.29 bits per heavy atom. The first kappa shape index (κ1) is 17.5. The lowest BCUT2D eigenvalue weighted by molar-refractivity contribution is -0.124. The van der Waals surface area contributed by atoms with E-state index in [1.807, 2.05) is 30.3 Å². The van der Waals surface area contributed by atoms with Crippen molar-refractivity contribution in [2.24, 2.45) is 0 Å². The quantitative estimate of drug-likeness (QED) is 0.797. The maximum absolute atomic E-state index is 13.4. The first-order chi connectivity index (χ1) is 11.5. The van der Waals surface area contributed by atoms with Crippen LogP contribution in [-0.2, 0) is 16.0 Å². The molecule has 0 unspecified atom stereocenters. The van der Waals surface area contributed by atoms with Crippen molar-refractivity contribution in [3.63, 3.8) is 0 Å². The summed E-state index contributed by atoms with van der Waals surface area (Å²) < 4.78 is 39.3. The summed E-state index contributed by atoms with van der Waals surface area (Å²) in [6, 6.07) is 11.0. The van der Waals surface area contributed by atoms with E-state index in [9.17, 15) is 22.8 Å². The normalized spacial score (nSPS) is 10.3. The lowest BCUT2D eigenvalue weighted by Crippen LogP contribution is -2.33. The number of anilines is 1. The lowest BCUT2D eigenvalue weighted by atomic mass is 10.1. The monoisotopic (exact) mass is 336 g/mol. The SMILES string of the molecule is O=C(CCc1ccccc1)NCC(=O)Nc1ccc(F)c(F)c1F. The zero-order chi connectivity index (χ0) is 17.5. The van der Waals surface area contributed by atoms with Crippen molar-refractivity contribution >= 4 is 17.5 Å². The van der Waals surface area contributed by atoms with Gasteiger partial charge in [-0.1, -0.05) is 30.3 Å². The first-order valence-corrected chi connectivity index (χ1v) is 7.21. The number of nitrogens with one attached hydrogen (secondary N) is 2. The molecular weight excluding hydrogens is 321 g/mol. The molecule has 0 saturated carbocycles. The second kappa shape index (κ2) is 8.14. The zero-order valence-corrected chi connectivity index (χ0v) is 12.6. The van der Waals surface area contributed by atoms with Gasteiger partial charge in [0.25, 0.3) is 0 Å². The maximum Gasteiger partial charge on any atom is 0.243 e. The van der Waals surface area contributed by atoms with E-state index >= 15 is 0 Å². The Morgan fingerprint density at radius 2 is 1.58 bits per heavy atom. The molecule has 2 rings (SSSR count). The fraction of sp³-hybridized carbons (Fsp3) is 0.176. The minimum Gasteiger partial charge on any atom is -0.347 e. The largest absolute Gasteiger partial charge is 0.347 e. The summed E-state index contributed by atoms with van der Waals surface area (Å²) in [4.78, 5) is 23.3. The van der Waals surface area contributed by atoms with Crippen LogP contribution in [0.25, 0.3) is 0 Å². The van der Waals surface area contributed by atoms with Crippen LogP contribution in [0.1, 0.15) is 12.0 Å². The van der Waals surface area contributed by atoms with Crippen molar-refractivity contribution in [2.45, 2.75) is 12.8 Å². The molecule has 7 heteroatoms. The smallest absolute Gasteiger partial charge is 0.243 e. The van der Waals surface area contributed by atoms with Crippen LogP contribution >= 0.6 is 0 Å². The molecule has 0 atom stereocenters. The molecule has 24 heavy (non-hydrogen) atoms. The Labute approximate surface area is 136 Å². The highest BCUT2D eigenvalue weighted by molar-refractivity contribution is 5.94. The van der Waals surface area contributed by atoms with Gasteiger partial charge in [0.15, 0.2) is 17.5 Å². The molecule has 0 aliphatic heterocycles. The van der Waals surface area contributed by atoms with Gasteiger partial charge in [0, 0.05) is 6.42 Å². The minimum absolute atomic E-state index is 0.191. The molecule has 0 bridgehead atoms. The highest BCUT2D eigenvalue weighted by Gasteiger charge is 2.15. The minimum atomic E-state index is -1.67. The Hall–Kier alpha value is -2.83. The first-order valence-electron chi connectivity index (χ1n) is 7.21. The van der Waals surface area contributed by atoms with E-state index < -0.39 is 35.6 Å². The lowest BCUT2D eigenvalue weighted by Gasteiger charge is -2.08. The van der Waals surface area contributed by atoms with Crippen LogP contribution in [0.15, 0.2) is 42.5 Å². The Bertz CT molecular complexity index is 736. The van der Waals surface area contributed by atoms with E-state index in [0.29, 0.717) is 12.5 Å². The number of amides is 2. The average Bonchev–Trinajstić information content (AvgIpc) is 2.59. The van der Waals surface area contributed by atoms with E-state index in [-0.39, 0.29) is 12.3 Å². The highest BCUT2D eigenvalue weighted by atomic mass is 19.2. The molecule has 2 amide bonds. The summed E-state index contributed by atoms with van der Waals surface area (Å²) in [6.45, 7) is -0.397. The van der Waals surface area contributed by atoms with Crippen LogP contribution in [0.4, 0.5) is 18.9 Å². The topological polar surface area (TPSA) is 58.2 Å². The average molecular weight is 336 g/mol. The molecule has 0 fully saturated rings. The van der Waals surface area contributed by atoms with E-state index in [1.54, 1.807) is 0 Å². The molecular formula is C17H15F3N2O2. The molecule has 0 aliphatic carbocycles. The fourth-order valence-electron chi connectivity index (χ4n) is 1.99. The van der Waals surface area contributed by atoms with Crippen LogP contribution in [0.2, 0.25) is 0 Å². The molecule has 0 heterocycles. The van der Waals surface area contributed by atoms with Crippen molar-refractivity contribution in [1.82, 2.24) is 5.32 Å².